The van der Waals surface area contributed by atoms with E-state index in [-0.39, 0.29) is 0 Å². The van der Waals surface area contributed by atoms with Crippen LogP contribution in [0.25, 0.3) is 0 Å². The van der Waals surface area contributed by atoms with E-state index in [0.29, 0.717) is 12.5 Å². The van der Waals surface area contributed by atoms with Gasteiger partial charge in [0.1, 0.15) is 0 Å². The molecule has 0 aromatic rings. The Hall–Kier alpha value is -0.400. The molecule has 0 heterocycles. The maximum absolute atomic E-state index is 10.8. The molecule has 0 aliphatic heterocycles. The maximum Gasteiger partial charge on any atom is 0.0621 e. The molecule has 0 saturated carbocycles. The molecule has 0 rings (SSSR count). The number of rotatable bonds is 8. The zero-order valence-corrected chi connectivity index (χ0v) is 9.90. The molecule has 3 nitrogen and oxygen atoms in total. The number of nitrogens with one attached hydrogen (secondary N) is 1. The number of nitriles is 1. The van der Waals surface area contributed by atoms with Crippen LogP contribution in [0.1, 0.15) is 32.6 Å². The molecule has 14 heavy (non-hydrogen) atoms. The summed E-state index contributed by atoms with van der Waals surface area (Å²) in [5, 5.41) is 11.7. The van der Waals surface area contributed by atoms with Gasteiger partial charge in [-0.05, 0) is 32.7 Å². The van der Waals surface area contributed by atoms with Crippen molar-refractivity contribution in [2.45, 2.75) is 38.6 Å². The van der Waals surface area contributed by atoms with Gasteiger partial charge in [0.25, 0.3) is 0 Å². The standard InChI is InChI=1S/C10H20N2OS/c1-10(6-9-14(2)13)12-8-5-3-4-7-11/h10,12H,3-6,8-9H2,1-2H3. The Bertz CT molecular complexity index is 201. The van der Waals surface area contributed by atoms with Crippen LogP contribution in [0.3, 0.4) is 0 Å². The van der Waals surface area contributed by atoms with Crippen molar-refractivity contribution in [3.8, 4) is 6.07 Å². The molecule has 0 aromatic carbocycles. The van der Waals surface area contributed by atoms with E-state index in [4.69, 9.17) is 5.26 Å². The van der Waals surface area contributed by atoms with Crippen LogP contribution in [-0.4, -0.2) is 28.8 Å². The molecule has 2 unspecified atom stereocenters. The van der Waals surface area contributed by atoms with Crippen LogP contribution in [0, 0.1) is 11.3 Å². The molecule has 0 bridgehead atoms. The molecule has 82 valence electrons. The summed E-state index contributed by atoms with van der Waals surface area (Å²) in [5.41, 5.74) is 0. The van der Waals surface area contributed by atoms with Crippen molar-refractivity contribution >= 4 is 10.8 Å². The second-order valence-corrected chi connectivity index (χ2v) is 5.09. The molecular weight excluding hydrogens is 196 g/mol. The minimum atomic E-state index is -0.680. The third-order valence-electron chi connectivity index (χ3n) is 2.05. The van der Waals surface area contributed by atoms with E-state index >= 15 is 0 Å². The van der Waals surface area contributed by atoms with Crippen molar-refractivity contribution in [3.05, 3.63) is 0 Å². The minimum Gasteiger partial charge on any atom is -0.314 e. The summed E-state index contributed by atoms with van der Waals surface area (Å²) >= 11 is 0. The summed E-state index contributed by atoms with van der Waals surface area (Å²) in [4.78, 5) is 0. The van der Waals surface area contributed by atoms with E-state index in [0.717, 1.165) is 31.6 Å². The highest BCUT2D eigenvalue weighted by Gasteiger charge is 2.01. The van der Waals surface area contributed by atoms with Gasteiger partial charge in [0.2, 0.25) is 0 Å². The largest absolute Gasteiger partial charge is 0.314 e. The Kier molecular flexibility index (Phi) is 8.90. The van der Waals surface area contributed by atoms with Gasteiger partial charge in [-0.15, -0.1) is 0 Å². The fraction of sp³-hybridized carbons (Fsp3) is 0.900. The van der Waals surface area contributed by atoms with Crippen molar-refractivity contribution in [3.63, 3.8) is 0 Å². The first-order valence-corrected chi connectivity index (χ1v) is 6.80. The second-order valence-electron chi connectivity index (χ2n) is 3.54. The fourth-order valence-corrected chi connectivity index (χ4v) is 1.81. The first kappa shape index (κ1) is 13.6. The highest BCUT2D eigenvalue weighted by molar-refractivity contribution is 7.84. The summed E-state index contributed by atoms with van der Waals surface area (Å²) in [6, 6.07) is 2.56. The number of nitrogens with zero attached hydrogens (tertiary/aromatic N) is 1. The summed E-state index contributed by atoms with van der Waals surface area (Å²) in [6.07, 6.45) is 5.36. The Morgan fingerprint density at radius 1 is 1.50 bits per heavy atom. The second kappa shape index (κ2) is 9.17. The minimum absolute atomic E-state index is 0.431. The van der Waals surface area contributed by atoms with Gasteiger partial charge in [-0.25, -0.2) is 0 Å². The molecule has 1 N–H and O–H groups in total. The Morgan fingerprint density at radius 3 is 2.79 bits per heavy atom. The van der Waals surface area contributed by atoms with E-state index in [1.807, 2.05) is 0 Å². The molecule has 0 aliphatic rings. The molecule has 0 fully saturated rings. The van der Waals surface area contributed by atoms with Gasteiger partial charge >= 0.3 is 0 Å². The molecule has 0 radical (unpaired) electrons. The van der Waals surface area contributed by atoms with Crippen LogP contribution < -0.4 is 5.32 Å². The van der Waals surface area contributed by atoms with Crippen molar-refractivity contribution in [1.82, 2.24) is 5.32 Å². The number of hydrogen-bond donors (Lipinski definition) is 1. The zero-order chi connectivity index (χ0) is 10.8. The van der Waals surface area contributed by atoms with Crippen molar-refractivity contribution in [2.24, 2.45) is 0 Å². The molecule has 2 atom stereocenters. The predicted octanol–water partition coefficient (Wildman–Crippen LogP) is 1.43. The smallest absolute Gasteiger partial charge is 0.0621 e. The zero-order valence-electron chi connectivity index (χ0n) is 9.08. The number of unbranched alkanes of at least 4 members (excludes halogenated alkanes) is 2. The summed E-state index contributed by atoms with van der Waals surface area (Å²) in [6.45, 7) is 3.07. The lowest BCUT2D eigenvalue weighted by Crippen LogP contribution is -2.28. The van der Waals surface area contributed by atoms with Gasteiger partial charge in [0.15, 0.2) is 0 Å². The molecule has 0 aromatic heterocycles. The third kappa shape index (κ3) is 9.69. The SMILES string of the molecule is CC(CCS(C)=O)NCCCCC#N. The van der Waals surface area contributed by atoms with E-state index in [1.165, 1.54) is 0 Å². The average molecular weight is 216 g/mol. The Balaban J connectivity index is 3.23. The first-order chi connectivity index (χ1) is 6.66. The van der Waals surface area contributed by atoms with Gasteiger partial charge in [-0.2, -0.15) is 5.26 Å². The van der Waals surface area contributed by atoms with Crippen LogP contribution in [0.4, 0.5) is 0 Å². The van der Waals surface area contributed by atoms with Gasteiger partial charge in [0, 0.05) is 35.3 Å². The lowest BCUT2D eigenvalue weighted by molar-refractivity contribution is 0.518. The van der Waals surface area contributed by atoms with Gasteiger partial charge in [0.05, 0.1) is 6.07 Å². The normalized spacial score (nSPS) is 14.6. The molecular formula is C10H20N2OS. The molecule has 0 saturated heterocycles. The molecule has 4 heteroatoms. The highest BCUT2D eigenvalue weighted by Crippen LogP contribution is 1.95. The van der Waals surface area contributed by atoms with Crippen molar-refractivity contribution in [1.29, 1.82) is 5.26 Å². The van der Waals surface area contributed by atoms with Gasteiger partial charge < -0.3 is 5.32 Å². The summed E-state index contributed by atoms with van der Waals surface area (Å²) < 4.78 is 10.8. The van der Waals surface area contributed by atoms with Crippen molar-refractivity contribution < 1.29 is 4.21 Å². The lowest BCUT2D eigenvalue weighted by Gasteiger charge is -2.12. The topological polar surface area (TPSA) is 52.9 Å². The predicted molar refractivity (Wildman–Crippen MR) is 60.5 cm³/mol. The van der Waals surface area contributed by atoms with E-state index in [9.17, 15) is 4.21 Å². The lowest BCUT2D eigenvalue weighted by atomic mass is 10.2. The van der Waals surface area contributed by atoms with Gasteiger partial charge in [-0.1, -0.05) is 0 Å². The Labute approximate surface area is 89.3 Å². The molecule has 0 spiro atoms. The Morgan fingerprint density at radius 2 is 2.21 bits per heavy atom. The van der Waals surface area contributed by atoms with E-state index in [1.54, 1.807) is 6.26 Å². The maximum atomic E-state index is 10.8. The van der Waals surface area contributed by atoms with Crippen LogP contribution in [-0.2, 0) is 10.8 Å². The quantitative estimate of drug-likeness (QED) is 0.624. The first-order valence-electron chi connectivity index (χ1n) is 5.07. The van der Waals surface area contributed by atoms with Crippen molar-refractivity contribution in [2.75, 3.05) is 18.6 Å². The average Bonchev–Trinajstić information content (AvgIpc) is 2.14. The molecule has 0 amide bonds. The van der Waals surface area contributed by atoms with Crippen LogP contribution in [0.15, 0.2) is 0 Å². The van der Waals surface area contributed by atoms with Crippen LogP contribution >= 0.6 is 0 Å². The van der Waals surface area contributed by atoms with Crippen LogP contribution in [0.2, 0.25) is 0 Å². The number of hydrogen-bond acceptors (Lipinski definition) is 3. The molecule has 0 aliphatic carbocycles. The highest BCUT2D eigenvalue weighted by atomic mass is 32.2. The monoisotopic (exact) mass is 216 g/mol. The summed E-state index contributed by atoms with van der Waals surface area (Å²) in [7, 11) is -0.680. The van der Waals surface area contributed by atoms with Crippen LogP contribution in [0.5, 0.6) is 0 Å². The fourth-order valence-electron chi connectivity index (χ4n) is 1.12. The van der Waals surface area contributed by atoms with E-state index < -0.39 is 10.8 Å². The van der Waals surface area contributed by atoms with Gasteiger partial charge in [-0.3, -0.25) is 4.21 Å². The van der Waals surface area contributed by atoms with E-state index in [2.05, 4.69) is 18.3 Å². The summed E-state index contributed by atoms with van der Waals surface area (Å²) in [5.74, 6) is 0.770. The third-order valence-corrected chi connectivity index (χ3v) is 2.86.